The molecule has 1 N–H and O–H groups in total. The summed E-state index contributed by atoms with van der Waals surface area (Å²) in [6.07, 6.45) is 4.14. The van der Waals surface area contributed by atoms with Crippen LogP contribution in [0.5, 0.6) is 0 Å². The summed E-state index contributed by atoms with van der Waals surface area (Å²) < 4.78 is 5.59. The number of rotatable bonds is 5. The van der Waals surface area contributed by atoms with Crippen LogP contribution in [0.3, 0.4) is 0 Å². The minimum atomic E-state index is 0.478. The summed E-state index contributed by atoms with van der Waals surface area (Å²) in [5.41, 5.74) is 0. The molecule has 15 heavy (non-hydrogen) atoms. The Labute approximate surface area is 95.6 Å². The molecule has 0 saturated carbocycles. The maximum Gasteiger partial charge on any atom is 0.0588 e. The van der Waals surface area contributed by atoms with Crippen molar-refractivity contribution in [1.29, 1.82) is 0 Å². The molecule has 1 aliphatic rings. The van der Waals surface area contributed by atoms with Crippen LogP contribution in [0.1, 0.15) is 37.1 Å². The molecule has 1 saturated heterocycles. The topological polar surface area (TPSA) is 21.3 Å². The molecule has 0 bridgehead atoms. The van der Waals surface area contributed by atoms with Crippen molar-refractivity contribution in [1.82, 2.24) is 5.32 Å². The first-order valence-corrected chi connectivity index (χ1v) is 6.62. The van der Waals surface area contributed by atoms with Gasteiger partial charge in [0, 0.05) is 17.5 Å². The normalized spacial score (nSPS) is 23.1. The smallest absolute Gasteiger partial charge is 0.0588 e. The van der Waals surface area contributed by atoms with Gasteiger partial charge in [0.2, 0.25) is 0 Å². The molecular formula is C12H19NOS. The van der Waals surface area contributed by atoms with Crippen LogP contribution in [0, 0.1) is 0 Å². The lowest BCUT2D eigenvalue weighted by molar-refractivity contribution is 0.103. The van der Waals surface area contributed by atoms with Gasteiger partial charge in [-0.05, 0) is 44.2 Å². The molecule has 1 aliphatic heterocycles. The molecule has 0 amide bonds. The number of nitrogens with one attached hydrogen (secondary N) is 1. The Morgan fingerprint density at radius 1 is 1.67 bits per heavy atom. The van der Waals surface area contributed by atoms with E-state index in [0.717, 1.165) is 19.6 Å². The SMILES string of the molecule is C[C@H](NCCC1CCCO1)c1cccs1. The van der Waals surface area contributed by atoms with Gasteiger partial charge < -0.3 is 10.1 Å². The average Bonchev–Trinajstić information content (AvgIpc) is 2.90. The van der Waals surface area contributed by atoms with E-state index >= 15 is 0 Å². The van der Waals surface area contributed by atoms with E-state index in [1.807, 2.05) is 11.3 Å². The Kier molecular flexibility index (Phi) is 4.18. The Bertz CT molecular complexity index is 267. The summed E-state index contributed by atoms with van der Waals surface area (Å²) in [5.74, 6) is 0. The molecule has 1 aromatic rings. The van der Waals surface area contributed by atoms with Crippen LogP contribution in [-0.2, 0) is 4.74 Å². The van der Waals surface area contributed by atoms with Gasteiger partial charge in [-0.1, -0.05) is 6.07 Å². The minimum Gasteiger partial charge on any atom is -0.378 e. The summed E-state index contributed by atoms with van der Waals surface area (Å²) >= 11 is 1.82. The predicted octanol–water partition coefficient (Wildman–Crippen LogP) is 2.97. The zero-order valence-corrected chi connectivity index (χ0v) is 10.1. The second-order valence-electron chi connectivity index (χ2n) is 4.11. The van der Waals surface area contributed by atoms with Crippen molar-refractivity contribution in [3.8, 4) is 0 Å². The molecule has 0 spiro atoms. The van der Waals surface area contributed by atoms with Gasteiger partial charge in [0.05, 0.1) is 6.10 Å². The summed E-state index contributed by atoms with van der Waals surface area (Å²) in [6.45, 7) is 4.25. The van der Waals surface area contributed by atoms with Crippen LogP contribution < -0.4 is 5.32 Å². The monoisotopic (exact) mass is 225 g/mol. The van der Waals surface area contributed by atoms with Gasteiger partial charge in [-0.2, -0.15) is 0 Å². The molecule has 2 heterocycles. The lowest BCUT2D eigenvalue weighted by Gasteiger charge is -2.14. The maximum absolute atomic E-state index is 5.59. The highest BCUT2D eigenvalue weighted by Crippen LogP contribution is 2.19. The molecule has 0 aliphatic carbocycles. The second-order valence-corrected chi connectivity index (χ2v) is 5.09. The first-order chi connectivity index (χ1) is 7.36. The van der Waals surface area contributed by atoms with Crippen molar-refractivity contribution in [2.24, 2.45) is 0 Å². The average molecular weight is 225 g/mol. The van der Waals surface area contributed by atoms with E-state index < -0.39 is 0 Å². The van der Waals surface area contributed by atoms with Gasteiger partial charge in [0.15, 0.2) is 0 Å². The van der Waals surface area contributed by atoms with Crippen LogP contribution in [0.2, 0.25) is 0 Å². The first-order valence-electron chi connectivity index (χ1n) is 5.74. The first kappa shape index (κ1) is 11.1. The Morgan fingerprint density at radius 2 is 2.60 bits per heavy atom. The number of ether oxygens (including phenoxy) is 1. The Hall–Kier alpha value is -0.380. The van der Waals surface area contributed by atoms with E-state index in [-0.39, 0.29) is 0 Å². The highest BCUT2D eigenvalue weighted by atomic mass is 32.1. The zero-order valence-electron chi connectivity index (χ0n) is 9.24. The molecular weight excluding hydrogens is 206 g/mol. The third kappa shape index (κ3) is 3.30. The summed E-state index contributed by atoms with van der Waals surface area (Å²) in [6, 6.07) is 4.78. The Morgan fingerprint density at radius 3 is 3.27 bits per heavy atom. The Balaban J connectivity index is 1.65. The van der Waals surface area contributed by atoms with Gasteiger partial charge in [-0.25, -0.2) is 0 Å². The van der Waals surface area contributed by atoms with E-state index in [0.29, 0.717) is 12.1 Å². The molecule has 1 unspecified atom stereocenters. The molecule has 3 heteroatoms. The number of hydrogen-bond donors (Lipinski definition) is 1. The van der Waals surface area contributed by atoms with E-state index in [9.17, 15) is 0 Å². The van der Waals surface area contributed by atoms with Crippen molar-refractivity contribution in [3.05, 3.63) is 22.4 Å². The summed E-state index contributed by atoms with van der Waals surface area (Å²) in [7, 11) is 0. The second kappa shape index (κ2) is 5.64. The van der Waals surface area contributed by atoms with Crippen LogP contribution in [-0.4, -0.2) is 19.3 Å². The fourth-order valence-electron chi connectivity index (χ4n) is 1.97. The van der Waals surface area contributed by atoms with Crippen molar-refractivity contribution in [2.45, 2.75) is 38.3 Å². The highest BCUT2D eigenvalue weighted by Gasteiger charge is 2.15. The van der Waals surface area contributed by atoms with Crippen molar-refractivity contribution in [2.75, 3.05) is 13.2 Å². The van der Waals surface area contributed by atoms with Crippen LogP contribution in [0.15, 0.2) is 17.5 Å². The predicted molar refractivity (Wildman–Crippen MR) is 64.3 cm³/mol. The molecule has 2 nitrogen and oxygen atoms in total. The maximum atomic E-state index is 5.59. The fraction of sp³-hybridized carbons (Fsp3) is 0.667. The van der Waals surface area contributed by atoms with Crippen LogP contribution in [0.4, 0.5) is 0 Å². The van der Waals surface area contributed by atoms with E-state index in [4.69, 9.17) is 4.74 Å². The standard InChI is InChI=1S/C12H19NOS/c1-10(12-5-3-9-15-12)13-7-6-11-4-2-8-14-11/h3,5,9-11,13H,2,4,6-8H2,1H3/t10-,11?/m0/s1. The van der Waals surface area contributed by atoms with Crippen molar-refractivity contribution < 1.29 is 4.74 Å². The largest absolute Gasteiger partial charge is 0.378 e. The number of hydrogen-bond acceptors (Lipinski definition) is 3. The van der Waals surface area contributed by atoms with Crippen molar-refractivity contribution in [3.63, 3.8) is 0 Å². The molecule has 0 radical (unpaired) electrons. The van der Waals surface area contributed by atoms with Gasteiger partial charge in [-0.15, -0.1) is 11.3 Å². The van der Waals surface area contributed by atoms with Gasteiger partial charge >= 0.3 is 0 Å². The lowest BCUT2D eigenvalue weighted by atomic mass is 10.2. The third-order valence-corrected chi connectivity index (χ3v) is 3.97. The van der Waals surface area contributed by atoms with Crippen LogP contribution >= 0.6 is 11.3 Å². The summed E-state index contributed by atoms with van der Waals surface area (Å²) in [5, 5.41) is 5.67. The van der Waals surface area contributed by atoms with E-state index in [1.54, 1.807) is 0 Å². The van der Waals surface area contributed by atoms with Gasteiger partial charge in [-0.3, -0.25) is 0 Å². The molecule has 84 valence electrons. The molecule has 2 atom stereocenters. The lowest BCUT2D eigenvalue weighted by Crippen LogP contribution is -2.22. The van der Waals surface area contributed by atoms with E-state index in [2.05, 4.69) is 29.8 Å². The molecule has 1 aromatic heterocycles. The van der Waals surface area contributed by atoms with Gasteiger partial charge in [0.1, 0.15) is 0 Å². The molecule has 2 rings (SSSR count). The molecule has 0 aromatic carbocycles. The quantitative estimate of drug-likeness (QED) is 0.832. The van der Waals surface area contributed by atoms with Crippen LogP contribution in [0.25, 0.3) is 0 Å². The summed E-state index contributed by atoms with van der Waals surface area (Å²) in [4.78, 5) is 1.42. The zero-order chi connectivity index (χ0) is 10.5. The number of thiophene rings is 1. The molecule has 1 fully saturated rings. The fourth-order valence-corrected chi connectivity index (χ4v) is 2.73. The van der Waals surface area contributed by atoms with Gasteiger partial charge in [0.25, 0.3) is 0 Å². The highest BCUT2D eigenvalue weighted by molar-refractivity contribution is 7.10. The third-order valence-electron chi connectivity index (χ3n) is 2.91. The van der Waals surface area contributed by atoms with Crippen molar-refractivity contribution >= 4 is 11.3 Å². The van der Waals surface area contributed by atoms with E-state index in [1.165, 1.54) is 17.7 Å². The minimum absolute atomic E-state index is 0.478.